The Hall–Kier alpha value is -5.09. The van der Waals surface area contributed by atoms with E-state index >= 15 is 0 Å². The Balaban J connectivity index is 1.48. The van der Waals surface area contributed by atoms with E-state index in [-0.39, 0.29) is 16.9 Å². The number of hydrogen-bond donors (Lipinski definition) is 3. The summed E-state index contributed by atoms with van der Waals surface area (Å²) in [7, 11) is 3.06. The molecule has 1 aromatic heterocycles. The minimum atomic E-state index is -0.516. The lowest BCUT2D eigenvalue weighted by atomic mass is 10.1. The summed E-state index contributed by atoms with van der Waals surface area (Å²) in [5.74, 6) is 0.395. The van der Waals surface area contributed by atoms with E-state index in [1.54, 1.807) is 98.1 Å². The average molecular weight is 583 g/mol. The van der Waals surface area contributed by atoms with Gasteiger partial charge >= 0.3 is 0 Å². The number of carbonyl (C=O) groups is 3. The highest BCUT2D eigenvalue weighted by atomic mass is 32.2. The summed E-state index contributed by atoms with van der Waals surface area (Å²) in [6.07, 6.45) is 3.17. The number of nitrogens with one attached hydrogen (secondary N) is 3. The van der Waals surface area contributed by atoms with Crippen LogP contribution in [-0.4, -0.2) is 42.2 Å². The maximum absolute atomic E-state index is 13.4. The topological polar surface area (TPSA) is 119 Å². The molecule has 0 saturated heterocycles. The molecule has 0 saturated carbocycles. The van der Waals surface area contributed by atoms with Gasteiger partial charge in [-0.2, -0.15) is 0 Å². The molecule has 0 aliphatic heterocycles. The minimum Gasteiger partial charge on any atom is -0.493 e. The number of benzene rings is 3. The molecular weight excluding hydrogens is 552 g/mol. The number of nitrogens with zero attached hydrogens (tertiary/aromatic N) is 1. The SMILES string of the molecule is COc1ccc(/C=C(\NC(=O)c2ccccc2)C(=O)Nc2ccc(SC(C)C(=O)Nc3ccccn3)cc2)cc1OC. The zero-order valence-electron chi connectivity index (χ0n) is 23.3. The third-order valence-corrected chi connectivity index (χ3v) is 7.07. The van der Waals surface area contributed by atoms with Gasteiger partial charge in [-0.05, 0) is 79.2 Å². The van der Waals surface area contributed by atoms with Crippen LogP contribution in [0.15, 0.2) is 108 Å². The van der Waals surface area contributed by atoms with Crippen molar-refractivity contribution >= 4 is 47.1 Å². The van der Waals surface area contributed by atoms with Gasteiger partial charge < -0.3 is 25.4 Å². The first kappa shape index (κ1) is 29.9. The van der Waals surface area contributed by atoms with E-state index < -0.39 is 11.8 Å². The maximum atomic E-state index is 13.4. The molecule has 42 heavy (non-hydrogen) atoms. The predicted octanol–water partition coefficient (Wildman–Crippen LogP) is 5.63. The summed E-state index contributed by atoms with van der Waals surface area (Å²) < 4.78 is 10.7. The zero-order chi connectivity index (χ0) is 29.9. The van der Waals surface area contributed by atoms with Gasteiger partial charge in [-0.25, -0.2) is 4.98 Å². The van der Waals surface area contributed by atoms with Gasteiger partial charge in [-0.3, -0.25) is 14.4 Å². The highest BCUT2D eigenvalue weighted by Crippen LogP contribution is 2.29. The second-order valence-corrected chi connectivity index (χ2v) is 10.3. The van der Waals surface area contributed by atoms with Crippen LogP contribution >= 0.6 is 11.8 Å². The van der Waals surface area contributed by atoms with Crippen LogP contribution in [0.25, 0.3) is 6.08 Å². The molecule has 1 unspecified atom stereocenters. The van der Waals surface area contributed by atoms with Crippen LogP contribution < -0.4 is 25.4 Å². The average Bonchev–Trinajstić information content (AvgIpc) is 3.02. The third kappa shape index (κ3) is 8.21. The van der Waals surface area contributed by atoms with Gasteiger partial charge in [-0.1, -0.05) is 30.3 Å². The summed E-state index contributed by atoms with van der Waals surface area (Å²) >= 11 is 1.38. The Kier molecular flexibility index (Phi) is 10.3. The van der Waals surface area contributed by atoms with Crippen LogP contribution in [0.3, 0.4) is 0 Å². The number of hydrogen-bond acceptors (Lipinski definition) is 7. The first-order valence-electron chi connectivity index (χ1n) is 13.0. The fraction of sp³-hybridized carbons (Fsp3) is 0.125. The number of amides is 3. The van der Waals surface area contributed by atoms with Crippen molar-refractivity contribution in [2.24, 2.45) is 0 Å². The van der Waals surface area contributed by atoms with Crippen molar-refractivity contribution in [3.8, 4) is 11.5 Å². The fourth-order valence-electron chi connectivity index (χ4n) is 3.79. The van der Waals surface area contributed by atoms with Crippen LogP contribution in [-0.2, 0) is 9.59 Å². The molecule has 0 fully saturated rings. The Labute approximate surface area is 248 Å². The highest BCUT2D eigenvalue weighted by molar-refractivity contribution is 8.00. The first-order valence-corrected chi connectivity index (χ1v) is 13.8. The number of ether oxygens (including phenoxy) is 2. The molecule has 214 valence electrons. The standard InChI is InChI=1S/C32H30N4O5S/c1-21(30(37)36-29-11-7-8-18-33-29)42-25-15-13-24(14-16-25)34-32(39)26(35-31(38)23-9-5-4-6-10-23)19-22-12-17-27(40-2)28(20-22)41-3/h4-21H,1-3H3,(H,34,39)(H,35,38)(H,33,36,37)/b26-19-. The summed E-state index contributed by atoms with van der Waals surface area (Å²) in [5.41, 5.74) is 1.58. The molecule has 9 nitrogen and oxygen atoms in total. The van der Waals surface area contributed by atoms with E-state index in [0.29, 0.717) is 34.1 Å². The Morgan fingerprint density at radius 1 is 0.833 bits per heavy atom. The van der Waals surface area contributed by atoms with Crippen LogP contribution in [0.1, 0.15) is 22.8 Å². The molecule has 0 aliphatic carbocycles. The summed E-state index contributed by atoms with van der Waals surface area (Å²) in [6.45, 7) is 1.80. The van der Waals surface area contributed by atoms with Crippen molar-refractivity contribution < 1.29 is 23.9 Å². The van der Waals surface area contributed by atoms with Crippen molar-refractivity contribution in [3.05, 3.63) is 114 Å². The van der Waals surface area contributed by atoms with E-state index in [2.05, 4.69) is 20.9 Å². The van der Waals surface area contributed by atoms with Gasteiger partial charge in [0.15, 0.2) is 11.5 Å². The van der Waals surface area contributed by atoms with E-state index in [4.69, 9.17) is 9.47 Å². The molecule has 3 N–H and O–H groups in total. The molecule has 4 aromatic rings. The largest absolute Gasteiger partial charge is 0.493 e. The number of methoxy groups -OCH3 is 2. The number of carbonyl (C=O) groups excluding carboxylic acids is 3. The smallest absolute Gasteiger partial charge is 0.272 e. The Bertz CT molecular complexity index is 1560. The molecule has 0 radical (unpaired) electrons. The van der Waals surface area contributed by atoms with E-state index in [1.807, 2.05) is 12.1 Å². The highest BCUT2D eigenvalue weighted by Gasteiger charge is 2.17. The van der Waals surface area contributed by atoms with Gasteiger partial charge in [0, 0.05) is 22.3 Å². The van der Waals surface area contributed by atoms with Crippen molar-refractivity contribution in [2.45, 2.75) is 17.1 Å². The molecule has 0 aliphatic rings. The molecule has 1 heterocycles. The molecule has 0 spiro atoms. The van der Waals surface area contributed by atoms with Crippen molar-refractivity contribution in [1.29, 1.82) is 0 Å². The third-order valence-electron chi connectivity index (χ3n) is 5.96. The van der Waals surface area contributed by atoms with Crippen molar-refractivity contribution in [2.75, 3.05) is 24.9 Å². The predicted molar refractivity (Wildman–Crippen MR) is 165 cm³/mol. The molecule has 4 rings (SSSR count). The zero-order valence-corrected chi connectivity index (χ0v) is 24.1. The lowest BCUT2D eigenvalue weighted by Gasteiger charge is -2.14. The van der Waals surface area contributed by atoms with Gasteiger partial charge in [0.25, 0.3) is 11.8 Å². The number of aromatic nitrogens is 1. The normalized spacial score (nSPS) is 11.6. The van der Waals surface area contributed by atoms with Crippen LogP contribution in [0.4, 0.5) is 11.5 Å². The quantitative estimate of drug-likeness (QED) is 0.155. The van der Waals surface area contributed by atoms with E-state index in [1.165, 1.54) is 26.0 Å². The molecule has 10 heteroatoms. The monoisotopic (exact) mass is 582 g/mol. The molecule has 0 bridgehead atoms. The molecule has 3 amide bonds. The fourth-order valence-corrected chi connectivity index (χ4v) is 4.66. The van der Waals surface area contributed by atoms with E-state index in [0.717, 1.165) is 4.90 Å². The van der Waals surface area contributed by atoms with Crippen LogP contribution in [0.5, 0.6) is 11.5 Å². The van der Waals surface area contributed by atoms with Gasteiger partial charge in [0.1, 0.15) is 11.5 Å². The molecule has 3 aromatic carbocycles. The Morgan fingerprint density at radius 2 is 1.55 bits per heavy atom. The second kappa shape index (κ2) is 14.5. The summed E-state index contributed by atoms with van der Waals surface area (Å²) in [4.78, 5) is 43.8. The van der Waals surface area contributed by atoms with Crippen LogP contribution in [0.2, 0.25) is 0 Å². The second-order valence-electron chi connectivity index (χ2n) is 8.94. The molecule has 1 atom stereocenters. The summed E-state index contributed by atoms with van der Waals surface area (Å²) in [5, 5.41) is 7.96. The summed E-state index contributed by atoms with van der Waals surface area (Å²) in [6, 6.07) is 26.2. The minimum absolute atomic E-state index is 0.0364. The van der Waals surface area contributed by atoms with Gasteiger partial charge in [-0.15, -0.1) is 11.8 Å². The van der Waals surface area contributed by atoms with E-state index in [9.17, 15) is 14.4 Å². The first-order chi connectivity index (χ1) is 20.4. The van der Waals surface area contributed by atoms with Crippen molar-refractivity contribution in [1.82, 2.24) is 10.3 Å². The number of rotatable bonds is 11. The van der Waals surface area contributed by atoms with Gasteiger partial charge in [0.05, 0.1) is 19.5 Å². The lowest BCUT2D eigenvalue weighted by Crippen LogP contribution is -2.30. The van der Waals surface area contributed by atoms with Crippen molar-refractivity contribution in [3.63, 3.8) is 0 Å². The van der Waals surface area contributed by atoms with Gasteiger partial charge in [0.2, 0.25) is 5.91 Å². The number of thioether (sulfide) groups is 1. The number of anilines is 2. The molecular formula is C32H30N4O5S. The number of pyridine rings is 1. The van der Waals surface area contributed by atoms with Crippen LogP contribution in [0, 0.1) is 0 Å². The lowest BCUT2D eigenvalue weighted by molar-refractivity contribution is -0.115. The maximum Gasteiger partial charge on any atom is 0.272 e. The Morgan fingerprint density at radius 3 is 2.21 bits per heavy atom.